The Morgan fingerprint density at radius 1 is 1.11 bits per heavy atom. The summed E-state index contributed by atoms with van der Waals surface area (Å²) in [5.74, 6) is -0.0961. The van der Waals surface area contributed by atoms with Gasteiger partial charge in [-0.2, -0.15) is 0 Å². The van der Waals surface area contributed by atoms with Crippen molar-refractivity contribution < 1.29 is 14.7 Å². The SMILES string of the molecule is CCN(C[C@@H]1[C@@H](c2ccc(-c3cccnc3)cc2)[C@H](CO)N1C(C)=O)C(C)=O. The standard InChI is InChI=1S/C22H27N3O3/c1-4-24(15(2)27)13-20-22(21(14-26)25(20)16(3)28)18-9-7-17(8-10-18)19-6-5-11-23-12-19/h5-12,20-22,26H,4,13-14H2,1-3H3/t20-,21+,22-/m1/s1. The van der Waals surface area contributed by atoms with E-state index in [9.17, 15) is 14.7 Å². The van der Waals surface area contributed by atoms with Gasteiger partial charge in [-0.1, -0.05) is 30.3 Å². The van der Waals surface area contributed by atoms with Gasteiger partial charge < -0.3 is 14.9 Å². The highest BCUT2D eigenvalue weighted by Crippen LogP contribution is 2.41. The fourth-order valence-corrected chi connectivity index (χ4v) is 4.20. The van der Waals surface area contributed by atoms with E-state index in [1.165, 1.54) is 6.92 Å². The maximum absolute atomic E-state index is 12.2. The number of likely N-dealkylation sites (tertiary alicyclic amines) is 1. The van der Waals surface area contributed by atoms with Crippen LogP contribution >= 0.6 is 0 Å². The van der Waals surface area contributed by atoms with Crippen LogP contribution in [0.25, 0.3) is 11.1 Å². The predicted molar refractivity (Wildman–Crippen MR) is 108 cm³/mol. The lowest BCUT2D eigenvalue weighted by molar-refractivity contribution is -0.152. The number of carbonyl (C=O) groups is 2. The monoisotopic (exact) mass is 381 g/mol. The van der Waals surface area contributed by atoms with Crippen molar-refractivity contribution in [2.75, 3.05) is 19.7 Å². The maximum atomic E-state index is 12.2. The van der Waals surface area contributed by atoms with E-state index in [0.717, 1.165) is 16.7 Å². The van der Waals surface area contributed by atoms with Crippen LogP contribution in [0.3, 0.4) is 0 Å². The molecular formula is C22H27N3O3. The van der Waals surface area contributed by atoms with Crippen LogP contribution in [-0.2, 0) is 9.59 Å². The van der Waals surface area contributed by atoms with Gasteiger partial charge in [-0.25, -0.2) is 0 Å². The van der Waals surface area contributed by atoms with Gasteiger partial charge in [0.05, 0.1) is 18.7 Å². The zero-order valence-electron chi connectivity index (χ0n) is 16.6. The summed E-state index contributed by atoms with van der Waals surface area (Å²) in [5.41, 5.74) is 3.17. The van der Waals surface area contributed by atoms with Crippen LogP contribution in [0.1, 0.15) is 32.3 Å². The molecule has 0 bridgehead atoms. The van der Waals surface area contributed by atoms with Crippen LogP contribution in [0, 0.1) is 0 Å². The summed E-state index contributed by atoms with van der Waals surface area (Å²) in [6.45, 7) is 5.95. The molecular weight excluding hydrogens is 354 g/mol. The number of aliphatic hydroxyl groups is 1. The molecule has 1 aromatic carbocycles. The molecule has 6 nitrogen and oxygen atoms in total. The number of pyridine rings is 1. The van der Waals surface area contributed by atoms with Crippen molar-refractivity contribution in [3.8, 4) is 11.1 Å². The van der Waals surface area contributed by atoms with Crippen molar-refractivity contribution in [1.82, 2.24) is 14.8 Å². The Balaban J connectivity index is 1.88. The molecule has 0 spiro atoms. The summed E-state index contributed by atoms with van der Waals surface area (Å²) >= 11 is 0. The van der Waals surface area contributed by atoms with Crippen LogP contribution in [-0.4, -0.2) is 63.5 Å². The number of aliphatic hydroxyl groups excluding tert-OH is 1. The van der Waals surface area contributed by atoms with E-state index in [1.54, 1.807) is 22.9 Å². The lowest BCUT2D eigenvalue weighted by Crippen LogP contribution is -2.68. The van der Waals surface area contributed by atoms with Gasteiger partial charge >= 0.3 is 0 Å². The molecule has 1 N–H and O–H groups in total. The van der Waals surface area contributed by atoms with Gasteiger partial charge in [0.25, 0.3) is 0 Å². The summed E-state index contributed by atoms with van der Waals surface area (Å²) in [4.78, 5) is 31.7. The molecule has 0 aliphatic carbocycles. The first-order valence-electron chi connectivity index (χ1n) is 9.63. The molecule has 2 heterocycles. The molecule has 2 amide bonds. The molecule has 3 rings (SSSR count). The molecule has 0 unspecified atom stereocenters. The quantitative estimate of drug-likeness (QED) is 0.833. The van der Waals surface area contributed by atoms with Gasteiger partial charge in [0.1, 0.15) is 0 Å². The van der Waals surface area contributed by atoms with Gasteiger partial charge in [-0.05, 0) is 29.7 Å². The zero-order valence-corrected chi connectivity index (χ0v) is 16.6. The largest absolute Gasteiger partial charge is 0.394 e. The average molecular weight is 381 g/mol. The normalized spacial score (nSPS) is 21.1. The van der Waals surface area contributed by atoms with Gasteiger partial charge in [-0.3, -0.25) is 14.6 Å². The highest BCUT2D eigenvalue weighted by molar-refractivity contribution is 5.77. The molecule has 2 aromatic rings. The first kappa shape index (κ1) is 20.0. The van der Waals surface area contributed by atoms with E-state index in [-0.39, 0.29) is 36.4 Å². The summed E-state index contributed by atoms with van der Waals surface area (Å²) in [6, 6.07) is 11.7. The molecule has 1 aliphatic heterocycles. The third-order valence-corrected chi connectivity index (χ3v) is 5.62. The highest BCUT2D eigenvalue weighted by Gasteiger charge is 2.50. The number of rotatable bonds is 6. The Hall–Kier alpha value is -2.73. The smallest absolute Gasteiger partial charge is 0.220 e. The lowest BCUT2D eigenvalue weighted by Gasteiger charge is -2.55. The molecule has 6 heteroatoms. The predicted octanol–water partition coefficient (Wildman–Crippen LogP) is 2.29. The van der Waals surface area contributed by atoms with E-state index in [2.05, 4.69) is 4.98 Å². The van der Waals surface area contributed by atoms with Crippen LogP contribution in [0.4, 0.5) is 0 Å². The van der Waals surface area contributed by atoms with Crippen molar-refractivity contribution in [2.45, 2.75) is 38.8 Å². The van der Waals surface area contributed by atoms with E-state index in [4.69, 9.17) is 0 Å². The minimum absolute atomic E-state index is 0.00903. The maximum Gasteiger partial charge on any atom is 0.220 e. The summed E-state index contributed by atoms with van der Waals surface area (Å²) in [6.07, 6.45) is 3.56. The van der Waals surface area contributed by atoms with E-state index in [1.807, 2.05) is 49.5 Å². The van der Waals surface area contributed by atoms with Crippen LogP contribution in [0.15, 0.2) is 48.8 Å². The molecule has 1 aromatic heterocycles. The minimum atomic E-state index is -0.266. The number of benzene rings is 1. The first-order valence-corrected chi connectivity index (χ1v) is 9.63. The van der Waals surface area contributed by atoms with Crippen molar-refractivity contribution in [1.29, 1.82) is 0 Å². The van der Waals surface area contributed by atoms with Crippen LogP contribution < -0.4 is 0 Å². The van der Waals surface area contributed by atoms with Gasteiger partial charge in [0, 0.05) is 45.2 Å². The molecule has 0 radical (unpaired) electrons. The Labute approximate surface area is 165 Å². The van der Waals surface area contributed by atoms with Gasteiger partial charge in [-0.15, -0.1) is 0 Å². The molecule has 1 aliphatic rings. The van der Waals surface area contributed by atoms with Crippen LogP contribution in [0.5, 0.6) is 0 Å². The third-order valence-electron chi connectivity index (χ3n) is 5.62. The lowest BCUT2D eigenvalue weighted by atomic mass is 9.74. The number of nitrogens with zero attached hydrogens (tertiary/aromatic N) is 3. The first-order chi connectivity index (χ1) is 13.5. The summed E-state index contributed by atoms with van der Waals surface area (Å²) in [7, 11) is 0. The number of amides is 2. The number of hydrogen-bond donors (Lipinski definition) is 1. The fourth-order valence-electron chi connectivity index (χ4n) is 4.20. The second-order valence-electron chi connectivity index (χ2n) is 7.19. The Kier molecular flexibility index (Phi) is 6.09. The second-order valence-corrected chi connectivity index (χ2v) is 7.19. The molecule has 1 fully saturated rings. The summed E-state index contributed by atoms with van der Waals surface area (Å²) in [5, 5.41) is 9.91. The average Bonchev–Trinajstić information content (AvgIpc) is 2.68. The third kappa shape index (κ3) is 3.78. The van der Waals surface area contributed by atoms with Gasteiger partial charge in [0.2, 0.25) is 11.8 Å². The number of aromatic nitrogens is 1. The van der Waals surface area contributed by atoms with E-state index in [0.29, 0.717) is 13.1 Å². The number of likely N-dealkylation sites (N-methyl/N-ethyl adjacent to an activating group) is 1. The molecule has 28 heavy (non-hydrogen) atoms. The number of hydrogen-bond acceptors (Lipinski definition) is 4. The number of carbonyl (C=O) groups excluding carboxylic acids is 2. The Bertz CT molecular complexity index is 823. The van der Waals surface area contributed by atoms with Gasteiger partial charge in [0.15, 0.2) is 0 Å². The van der Waals surface area contributed by atoms with Crippen molar-refractivity contribution in [3.05, 3.63) is 54.4 Å². The molecule has 3 atom stereocenters. The topological polar surface area (TPSA) is 73.7 Å². The molecule has 148 valence electrons. The Morgan fingerprint density at radius 2 is 1.82 bits per heavy atom. The zero-order chi connectivity index (χ0) is 20.3. The van der Waals surface area contributed by atoms with Crippen molar-refractivity contribution in [3.63, 3.8) is 0 Å². The second kappa shape index (κ2) is 8.52. The highest BCUT2D eigenvalue weighted by atomic mass is 16.3. The molecule has 1 saturated heterocycles. The van der Waals surface area contributed by atoms with Crippen molar-refractivity contribution >= 4 is 11.8 Å². The molecule has 0 saturated carbocycles. The fraction of sp³-hybridized carbons (Fsp3) is 0.409. The van der Waals surface area contributed by atoms with E-state index >= 15 is 0 Å². The summed E-state index contributed by atoms with van der Waals surface area (Å²) < 4.78 is 0. The Morgan fingerprint density at radius 3 is 2.32 bits per heavy atom. The van der Waals surface area contributed by atoms with Crippen molar-refractivity contribution in [2.24, 2.45) is 0 Å². The minimum Gasteiger partial charge on any atom is -0.394 e. The van der Waals surface area contributed by atoms with Crippen LogP contribution in [0.2, 0.25) is 0 Å². The van der Waals surface area contributed by atoms with E-state index < -0.39 is 0 Å².